The first-order valence-electron chi connectivity index (χ1n) is 3.29. The molecule has 1 aromatic rings. The van der Waals surface area contributed by atoms with E-state index in [1.807, 2.05) is 12.1 Å². The van der Waals surface area contributed by atoms with E-state index in [4.69, 9.17) is 5.73 Å². The van der Waals surface area contributed by atoms with Crippen LogP contribution in [-0.2, 0) is 0 Å². The number of rotatable bonds is 3. The van der Waals surface area contributed by atoms with E-state index in [2.05, 4.69) is 4.98 Å². The van der Waals surface area contributed by atoms with Crippen molar-refractivity contribution in [1.29, 1.82) is 0 Å². The lowest BCUT2D eigenvalue weighted by molar-refractivity contribution is 0.439. The Balaban J connectivity index is 0.000001000. The molecular weight excluding hydrogens is 167 g/mol. The number of aromatic amines is 1. The summed E-state index contributed by atoms with van der Waals surface area (Å²) in [5.41, 5.74) is 6.48. The van der Waals surface area contributed by atoms with Crippen molar-refractivity contribution in [2.45, 2.75) is 12.5 Å². The highest BCUT2D eigenvalue weighted by atomic mass is 35.5. The first kappa shape index (κ1) is 10.5. The number of nitrogens with two attached hydrogens (primary N) is 1. The Bertz CT molecular complexity index is 177. The number of alkyl halides is 1. The zero-order valence-corrected chi connectivity index (χ0v) is 6.90. The molecule has 0 unspecified atom stereocenters. The van der Waals surface area contributed by atoms with E-state index in [1.54, 1.807) is 6.20 Å². The van der Waals surface area contributed by atoms with Crippen LogP contribution in [0.4, 0.5) is 4.39 Å². The molecule has 64 valence electrons. The highest BCUT2D eigenvalue weighted by Gasteiger charge is 2.04. The van der Waals surface area contributed by atoms with E-state index in [9.17, 15) is 4.39 Å². The summed E-state index contributed by atoms with van der Waals surface area (Å²) in [6.07, 6.45) is 2.17. The zero-order valence-electron chi connectivity index (χ0n) is 6.09. The van der Waals surface area contributed by atoms with Crippen LogP contribution < -0.4 is 5.73 Å². The predicted octanol–water partition coefficient (Wildman–Crippen LogP) is 1.80. The van der Waals surface area contributed by atoms with Crippen LogP contribution in [0.15, 0.2) is 18.3 Å². The number of hydrogen-bond acceptors (Lipinski definition) is 1. The maximum atomic E-state index is 11.7. The molecule has 1 heterocycles. The fraction of sp³-hybridized carbons (Fsp3) is 0.429. The van der Waals surface area contributed by atoms with Crippen molar-refractivity contribution in [2.75, 3.05) is 6.67 Å². The SMILES string of the molecule is Cl.N[C@@H](CCF)c1ccc[nH]1. The van der Waals surface area contributed by atoms with Crippen LogP contribution in [0.1, 0.15) is 18.2 Å². The molecule has 0 fully saturated rings. The summed E-state index contributed by atoms with van der Waals surface area (Å²) in [6.45, 7) is -0.361. The van der Waals surface area contributed by atoms with E-state index >= 15 is 0 Å². The second-order valence-electron chi connectivity index (χ2n) is 2.21. The highest BCUT2D eigenvalue weighted by molar-refractivity contribution is 5.85. The summed E-state index contributed by atoms with van der Waals surface area (Å²) in [5.74, 6) is 0. The maximum Gasteiger partial charge on any atom is 0.0913 e. The zero-order chi connectivity index (χ0) is 7.40. The Morgan fingerprint density at radius 2 is 2.36 bits per heavy atom. The number of halogens is 2. The number of hydrogen-bond donors (Lipinski definition) is 2. The Kier molecular flexibility index (Phi) is 4.90. The molecule has 2 nitrogen and oxygen atoms in total. The Labute approximate surface area is 71.4 Å². The van der Waals surface area contributed by atoms with E-state index in [0.29, 0.717) is 6.42 Å². The van der Waals surface area contributed by atoms with Gasteiger partial charge in [0.05, 0.1) is 6.67 Å². The van der Waals surface area contributed by atoms with Gasteiger partial charge in [-0.2, -0.15) is 0 Å². The van der Waals surface area contributed by atoms with Gasteiger partial charge in [0.25, 0.3) is 0 Å². The molecule has 0 bridgehead atoms. The smallest absolute Gasteiger partial charge is 0.0913 e. The van der Waals surface area contributed by atoms with Crippen molar-refractivity contribution in [3.63, 3.8) is 0 Å². The average Bonchev–Trinajstić information content (AvgIpc) is 2.38. The molecule has 0 aliphatic carbocycles. The summed E-state index contributed by atoms with van der Waals surface area (Å²) in [4.78, 5) is 2.93. The Morgan fingerprint density at radius 3 is 2.82 bits per heavy atom. The van der Waals surface area contributed by atoms with Crippen LogP contribution in [-0.4, -0.2) is 11.7 Å². The van der Waals surface area contributed by atoms with Crippen LogP contribution in [0.3, 0.4) is 0 Å². The van der Waals surface area contributed by atoms with E-state index < -0.39 is 0 Å². The summed E-state index contributed by atoms with van der Waals surface area (Å²) in [7, 11) is 0. The minimum atomic E-state index is -0.361. The first-order valence-corrected chi connectivity index (χ1v) is 3.29. The van der Waals surface area contributed by atoms with Crippen molar-refractivity contribution in [3.8, 4) is 0 Å². The maximum absolute atomic E-state index is 11.7. The standard InChI is InChI=1S/C7H11FN2.ClH/c8-4-3-6(9)7-2-1-5-10-7;/h1-2,5-6,10H,3-4,9H2;1H/t6-;/m0./s1. The van der Waals surface area contributed by atoms with Gasteiger partial charge in [0.15, 0.2) is 0 Å². The van der Waals surface area contributed by atoms with Crippen molar-refractivity contribution in [3.05, 3.63) is 24.0 Å². The molecule has 0 spiro atoms. The fourth-order valence-corrected chi connectivity index (χ4v) is 0.848. The average molecular weight is 179 g/mol. The van der Waals surface area contributed by atoms with Crippen molar-refractivity contribution >= 4 is 12.4 Å². The Hall–Kier alpha value is -0.540. The number of aromatic nitrogens is 1. The normalized spacial score (nSPS) is 12.2. The van der Waals surface area contributed by atoms with E-state index in [1.165, 1.54) is 0 Å². The number of nitrogens with one attached hydrogen (secondary N) is 1. The van der Waals surface area contributed by atoms with Gasteiger partial charge in [-0.1, -0.05) is 0 Å². The largest absolute Gasteiger partial charge is 0.364 e. The van der Waals surface area contributed by atoms with Gasteiger partial charge < -0.3 is 10.7 Å². The molecule has 0 aliphatic rings. The molecule has 11 heavy (non-hydrogen) atoms. The summed E-state index contributed by atoms with van der Waals surface area (Å²) >= 11 is 0. The van der Waals surface area contributed by atoms with Gasteiger partial charge in [-0.25, -0.2) is 0 Å². The first-order chi connectivity index (χ1) is 4.84. The molecule has 0 radical (unpaired) electrons. The van der Waals surface area contributed by atoms with Gasteiger partial charge in [-0.15, -0.1) is 12.4 Å². The second-order valence-corrected chi connectivity index (χ2v) is 2.21. The molecule has 3 N–H and O–H groups in total. The second kappa shape index (κ2) is 5.16. The monoisotopic (exact) mass is 178 g/mol. The van der Waals surface area contributed by atoms with Crippen LogP contribution in [0.25, 0.3) is 0 Å². The molecule has 1 aromatic heterocycles. The fourth-order valence-electron chi connectivity index (χ4n) is 0.848. The lowest BCUT2D eigenvalue weighted by atomic mass is 10.2. The van der Waals surface area contributed by atoms with Gasteiger partial charge in [0.2, 0.25) is 0 Å². The molecule has 1 rings (SSSR count). The van der Waals surface area contributed by atoms with Crippen LogP contribution >= 0.6 is 12.4 Å². The van der Waals surface area contributed by atoms with Gasteiger partial charge in [0.1, 0.15) is 0 Å². The molecule has 0 aromatic carbocycles. The van der Waals surface area contributed by atoms with Crippen LogP contribution in [0.5, 0.6) is 0 Å². The molecule has 4 heteroatoms. The summed E-state index contributed by atoms with van der Waals surface area (Å²) in [5, 5.41) is 0. The topological polar surface area (TPSA) is 41.8 Å². The van der Waals surface area contributed by atoms with E-state index in [0.717, 1.165) is 5.69 Å². The lowest BCUT2D eigenvalue weighted by Crippen LogP contribution is -2.10. The molecular formula is C7H12ClFN2. The van der Waals surface area contributed by atoms with Crippen molar-refractivity contribution < 1.29 is 4.39 Å². The van der Waals surface area contributed by atoms with Gasteiger partial charge >= 0.3 is 0 Å². The van der Waals surface area contributed by atoms with Gasteiger partial charge in [-0.3, -0.25) is 4.39 Å². The van der Waals surface area contributed by atoms with Crippen LogP contribution in [0.2, 0.25) is 0 Å². The third-order valence-corrected chi connectivity index (χ3v) is 1.44. The minimum absolute atomic E-state index is 0. The van der Waals surface area contributed by atoms with E-state index in [-0.39, 0.29) is 25.1 Å². The van der Waals surface area contributed by atoms with Gasteiger partial charge in [-0.05, 0) is 18.6 Å². The Morgan fingerprint density at radius 1 is 1.64 bits per heavy atom. The molecule has 0 saturated carbocycles. The van der Waals surface area contributed by atoms with Gasteiger partial charge in [0, 0.05) is 17.9 Å². The summed E-state index contributed by atoms with van der Waals surface area (Å²) in [6, 6.07) is 3.54. The quantitative estimate of drug-likeness (QED) is 0.728. The molecule has 0 saturated heterocycles. The van der Waals surface area contributed by atoms with Crippen molar-refractivity contribution in [1.82, 2.24) is 4.98 Å². The summed E-state index contributed by atoms with van der Waals surface area (Å²) < 4.78 is 11.7. The molecule has 0 amide bonds. The predicted molar refractivity (Wildman–Crippen MR) is 45.6 cm³/mol. The molecule has 0 aliphatic heterocycles. The number of H-pyrrole nitrogens is 1. The third-order valence-electron chi connectivity index (χ3n) is 1.44. The lowest BCUT2D eigenvalue weighted by Gasteiger charge is -2.05. The minimum Gasteiger partial charge on any atom is -0.364 e. The van der Waals surface area contributed by atoms with Crippen molar-refractivity contribution in [2.24, 2.45) is 5.73 Å². The molecule has 1 atom stereocenters. The van der Waals surface area contributed by atoms with Crippen LogP contribution in [0, 0.1) is 0 Å². The highest BCUT2D eigenvalue weighted by Crippen LogP contribution is 2.10. The third kappa shape index (κ3) is 2.91.